The molecule has 1 heterocycles. The molecule has 116 valence electrons. The lowest BCUT2D eigenvalue weighted by molar-refractivity contribution is -0.385. The highest BCUT2D eigenvalue weighted by molar-refractivity contribution is 5.85. The Kier molecular flexibility index (Phi) is 6.11. The van der Waals surface area contributed by atoms with Crippen molar-refractivity contribution in [3.8, 4) is 0 Å². The van der Waals surface area contributed by atoms with E-state index in [9.17, 15) is 14.9 Å². The number of halogens is 1. The zero-order valence-corrected chi connectivity index (χ0v) is 12.7. The number of para-hydroxylation sites is 1. The first-order valence-electron chi connectivity index (χ1n) is 6.74. The molecule has 1 amide bonds. The minimum atomic E-state index is -0.447. The molecule has 2 unspecified atom stereocenters. The van der Waals surface area contributed by atoms with Crippen LogP contribution in [0.15, 0.2) is 24.3 Å². The fourth-order valence-electron chi connectivity index (χ4n) is 2.50. The Morgan fingerprint density at radius 3 is 2.76 bits per heavy atom. The lowest BCUT2D eigenvalue weighted by atomic mass is 9.94. The number of rotatable bonds is 3. The van der Waals surface area contributed by atoms with E-state index >= 15 is 0 Å². The molecule has 21 heavy (non-hydrogen) atoms. The van der Waals surface area contributed by atoms with Crippen LogP contribution in [0.4, 0.5) is 5.69 Å². The molecular formula is C14H20ClN3O3. The van der Waals surface area contributed by atoms with Crippen molar-refractivity contribution in [3.05, 3.63) is 39.9 Å². The van der Waals surface area contributed by atoms with E-state index < -0.39 is 4.92 Å². The number of nitro benzene ring substituents is 1. The van der Waals surface area contributed by atoms with Gasteiger partial charge >= 0.3 is 0 Å². The lowest BCUT2D eigenvalue weighted by Crippen LogP contribution is -2.48. The van der Waals surface area contributed by atoms with Gasteiger partial charge in [0, 0.05) is 30.8 Å². The molecule has 0 aliphatic carbocycles. The number of likely N-dealkylation sites (tertiary alicyclic amines) is 1. The Morgan fingerprint density at radius 1 is 1.48 bits per heavy atom. The topological polar surface area (TPSA) is 89.5 Å². The summed E-state index contributed by atoms with van der Waals surface area (Å²) in [7, 11) is 0. The highest BCUT2D eigenvalue weighted by atomic mass is 35.5. The number of nitrogens with zero attached hydrogens (tertiary/aromatic N) is 2. The van der Waals surface area contributed by atoms with Crippen LogP contribution in [-0.4, -0.2) is 34.9 Å². The van der Waals surface area contributed by atoms with Gasteiger partial charge in [-0.05, 0) is 12.3 Å². The van der Waals surface area contributed by atoms with E-state index in [4.69, 9.17) is 5.73 Å². The largest absolute Gasteiger partial charge is 0.342 e. The van der Waals surface area contributed by atoms with Gasteiger partial charge < -0.3 is 10.6 Å². The maximum absolute atomic E-state index is 12.3. The highest BCUT2D eigenvalue weighted by Crippen LogP contribution is 2.21. The summed E-state index contributed by atoms with van der Waals surface area (Å²) in [5.74, 6) is 0.191. The molecule has 0 spiro atoms. The summed E-state index contributed by atoms with van der Waals surface area (Å²) in [5.41, 5.74) is 6.40. The number of carbonyl (C=O) groups is 1. The normalized spacial score (nSPS) is 21.5. The third-order valence-corrected chi connectivity index (χ3v) is 3.85. The lowest BCUT2D eigenvalue weighted by Gasteiger charge is -2.35. The minimum Gasteiger partial charge on any atom is -0.342 e. The van der Waals surface area contributed by atoms with Gasteiger partial charge in [-0.2, -0.15) is 0 Å². The summed E-state index contributed by atoms with van der Waals surface area (Å²) in [4.78, 5) is 24.5. The Morgan fingerprint density at radius 2 is 2.14 bits per heavy atom. The van der Waals surface area contributed by atoms with Gasteiger partial charge in [0.2, 0.25) is 5.91 Å². The van der Waals surface area contributed by atoms with Crippen LogP contribution < -0.4 is 5.73 Å². The first-order chi connectivity index (χ1) is 9.49. The van der Waals surface area contributed by atoms with Gasteiger partial charge in [0.15, 0.2) is 0 Å². The molecule has 1 aromatic rings. The predicted octanol–water partition coefficient (Wildman–Crippen LogP) is 1.75. The van der Waals surface area contributed by atoms with E-state index in [1.165, 1.54) is 6.07 Å². The van der Waals surface area contributed by atoms with Crippen LogP contribution in [0.1, 0.15) is 18.9 Å². The summed E-state index contributed by atoms with van der Waals surface area (Å²) in [6, 6.07) is 6.51. The zero-order valence-electron chi connectivity index (χ0n) is 11.9. The summed E-state index contributed by atoms with van der Waals surface area (Å²) >= 11 is 0. The smallest absolute Gasteiger partial charge is 0.273 e. The summed E-state index contributed by atoms with van der Waals surface area (Å²) in [6.45, 7) is 3.28. The van der Waals surface area contributed by atoms with Crippen molar-refractivity contribution < 1.29 is 9.72 Å². The van der Waals surface area contributed by atoms with E-state index in [2.05, 4.69) is 0 Å². The second-order valence-electron chi connectivity index (χ2n) is 5.33. The number of amides is 1. The first-order valence-corrected chi connectivity index (χ1v) is 6.74. The number of carbonyl (C=O) groups excluding carboxylic acids is 1. The van der Waals surface area contributed by atoms with E-state index in [0.717, 1.165) is 6.42 Å². The van der Waals surface area contributed by atoms with Gasteiger partial charge in [0.25, 0.3) is 5.69 Å². The molecule has 2 N–H and O–H groups in total. The Hall–Kier alpha value is -1.66. The Labute approximate surface area is 129 Å². The third-order valence-electron chi connectivity index (χ3n) is 3.85. The monoisotopic (exact) mass is 313 g/mol. The number of piperidine rings is 1. The molecule has 1 fully saturated rings. The zero-order chi connectivity index (χ0) is 14.7. The van der Waals surface area contributed by atoms with Gasteiger partial charge in [0.1, 0.15) is 0 Å². The van der Waals surface area contributed by atoms with Crippen LogP contribution in [0.3, 0.4) is 0 Å². The predicted molar refractivity (Wildman–Crippen MR) is 82.4 cm³/mol. The molecule has 2 rings (SSSR count). The third kappa shape index (κ3) is 4.15. The van der Waals surface area contributed by atoms with Crippen molar-refractivity contribution in [2.24, 2.45) is 11.7 Å². The van der Waals surface area contributed by atoms with Gasteiger partial charge in [0.05, 0.1) is 11.3 Å². The van der Waals surface area contributed by atoms with Gasteiger partial charge in [-0.15, -0.1) is 12.4 Å². The average molecular weight is 314 g/mol. The molecule has 1 aromatic carbocycles. The molecule has 0 aromatic heterocycles. The van der Waals surface area contributed by atoms with Crippen molar-refractivity contribution in [3.63, 3.8) is 0 Å². The van der Waals surface area contributed by atoms with Crippen molar-refractivity contribution in [2.75, 3.05) is 13.1 Å². The minimum absolute atomic E-state index is 0. The molecule has 1 saturated heterocycles. The van der Waals surface area contributed by atoms with E-state index in [0.29, 0.717) is 18.7 Å². The van der Waals surface area contributed by atoms with E-state index in [1.54, 1.807) is 23.1 Å². The van der Waals surface area contributed by atoms with Crippen molar-refractivity contribution >= 4 is 24.0 Å². The van der Waals surface area contributed by atoms with Gasteiger partial charge in [-0.3, -0.25) is 14.9 Å². The maximum atomic E-state index is 12.3. The Balaban J connectivity index is 0.00000220. The highest BCUT2D eigenvalue weighted by Gasteiger charge is 2.27. The number of hydrogen-bond acceptors (Lipinski definition) is 4. The number of hydrogen-bond donors (Lipinski definition) is 1. The van der Waals surface area contributed by atoms with Crippen molar-refractivity contribution in [1.29, 1.82) is 0 Å². The fourth-order valence-corrected chi connectivity index (χ4v) is 2.50. The van der Waals surface area contributed by atoms with Crippen LogP contribution in [0.5, 0.6) is 0 Å². The molecule has 7 heteroatoms. The standard InChI is InChI=1S/C14H19N3O3.ClH/c1-10-9-16(7-6-12(10)15)14(18)8-11-4-2-3-5-13(11)17(19)20;/h2-5,10,12H,6-9,15H2,1H3;1H. The molecular weight excluding hydrogens is 294 g/mol. The SMILES string of the molecule is CC1CN(C(=O)Cc2ccccc2[N+](=O)[O-])CCC1N.Cl. The fraction of sp³-hybridized carbons (Fsp3) is 0.500. The molecule has 1 aliphatic heterocycles. The van der Waals surface area contributed by atoms with Crippen molar-refractivity contribution in [1.82, 2.24) is 4.90 Å². The first kappa shape index (κ1) is 17.4. The van der Waals surface area contributed by atoms with Crippen LogP contribution in [0.25, 0.3) is 0 Å². The maximum Gasteiger partial charge on any atom is 0.273 e. The second kappa shape index (κ2) is 7.38. The molecule has 0 saturated carbocycles. The van der Waals surface area contributed by atoms with Crippen LogP contribution >= 0.6 is 12.4 Å². The summed E-state index contributed by atoms with van der Waals surface area (Å²) < 4.78 is 0. The van der Waals surface area contributed by atoms with Crippen LogP contribution in [0, 0.1) is 16.0 Å². The van der Waals surface area contributed by atoms with Gasteiger partial charge in [-0.25, -0.2) is 0 Å². The molecule has 1 aliphatic rings. The van der Waals surface area contributed by atoms with Crippen LogP contribution in [-0.2, 0) is 11.2 Å². The van der Waals surface area contributed by atoms with E-state index in [1.807, 2.05) is 6.92 Å². The number of nitrogens with two attached hydrogens (primary N) is 1. The van der Waals surface area contributed by atoms with E-state index in [-0.39, 0.29) is 42.4 Å². The molecule has 2 atom stereocenters. The van der Waals surface area contributed by atoms with Gasteiger partial charge in [-0.1, -0.05) is 25.1 Å². The quantitative estimate of drug-likeness (QED) is 0.680. The number of benzene rings is 1. The average Bonchev–Trinajstić information content (AvgIpc) is 2.42. The summed E-state index contributed by atoms with van der Waals surface area (Å²) in [6.07, 6.45) is 0.850. The molecule has 6 nitrogen and oxygen atoms in total. The molecule has 0 radical (unpaired) electrons. The van der Waals surface area contributed by atoms with Crippen molar-refractivity contribution in [2.45, 2.75) is 25.8 Å². The van der Waals surface area contributed by atoms with Crippen LogP contribution in [0.2, 0.25) is 0 Å². The number of nitro groups is 1. The Bertz CT molecular complexity index is 524. The second-order valence-corrected chi connectivity index (χ2v) is 5.33. The molecule has 0 bridgehead atoms. The summed E-state index contributed by atoms with van der Waals surface area (Å²) in [5, 5.41) is 10.9.